The van der Waals surface area contributed by atoms with E-state index in [0.717, 1.165) is 5.56 Å². The number of ether oxygens (including phenoxy) is 3. The molecule has 1 aliphatic heterocycles. The van der Waals surface area contributed by atoms with Crippen molar-refractivity contribution in [2.45, 2.75) is 33.3 Å². The number of nitriles is 1. The second-order valence-electron chi connectivity index (χ2n) is 9.30. The number of benzene rings is 3. The molecule has 0 saturated heterocycles. The average molecular weight is 555 g/mol. The number of esters is 1. The number of nitrogens with one attached hydrogen (secondary N) is 1. The molecule has 1 aliphatic carbocycles. The van der Waals surface area contributed by atoms with Crippen molar-refractivity contribution in [2.24, 2.45) is 0 Å². The predicted octanol–water partition coefficient (Wildman–Crippen LogP) is 6.32. The zero-order chi connectivity index (χ0) is 28.4. The van der Waals surface area contributed by atoms with Crippen molar-refractivity contribution in [2.75, 3.05) is 13.2 Å². The number of hydrogen-bond acceptors (Lipinski definition) is 7. The van der Waals surface area contributed by atoms with E-state index in [9.17, 15) is 14.9 Å². The van der Waals surface area contributed by atoms with Crippen LogP contribution in [0.4, 0.5) is 0 Å². The summed E-state index contributed by atoms with van der Waals surface area (Å²) in [5.41, 5.74) is 5.18. The van der Waals surface area contributed by atoms with E-state index in [-0.39, 0.29) is 24.0 Å². The van der Waals surface area contributed by atoms with Crippen LogP contribution in [0, 0.1) is 11.3 Å². The quantitative estimate of drug-likeness (QED) is 0.325. The molecule has 1 heterocycles. The van der Waals surface area contributed by atoms with Crippen molar-refractivity contribution in [3.05, 3.63) is 110 Å². The first-order valence-corrected chi connectivity index (χ1v) is 13.4. The number of allylic oxidation sites excluding steroid dienone is 2. The Hall–Kier alpha value is -4.54. The third kappa shape index (κ3) is 4.72. The SMILES string of the molecule is CCOC(=O)C1=C(C)NC2=C(C(=O)c3ccccc32)[C@@H]1c1cc(Cl)c(OCc2ccccc2C#N)c(OCC)c1. The van der Waals surface area contributed by atoms with Crippen LogP contribution in [-0.2, 0) is 16.1 Å². The number of halogens is 1. The second-order valence-corrected chi connectivity index (χ2v) is 9.71. The van der Waals surface area contributed by atoms with Gasteiger partial charge < -0.3 is 19.5 Å². The van der Waals surface area contributed by atoms with Gasteiger partial charge >= 0.3 is 5.97 Å². The minimum absolute atomic E-state index is 0.104. The van der Waals surface area contributed by atoms with E-state index in [4.69, 9.17) is 25.8 Å². The van der Waals surface area contributed by atoms with Crippen LogP contribution in [0.2, 0.25) is 5.02 Å². The molecule has 1 N–H and O–H groups in total. The van der Waals surface area contributed by atoms with Crippen LogP contribution < -0.4 is 14.8 Å². The largest absolute Gasteiger partial charge is 0.490 e. The zero-order valence-electron chi connectivity index (χ0n) is 22.3. The van der Waals surface area contributed by atoms with Gasteiger partial charge in [-0.15, -0.1) is 0 Å². The average Bonchev–Trinajstić information content (AvgIpc) is 3.23. The molecule has 40 heavy (non-hydrogen) atoms. The Morgan fingerprint density at radius 2 is 1.75 bits per heavy atom. The van der Waals surface area contributed by atoms with Gasteiger partial charge in [0.15, 0.2) is 17.3 Å². The van der Waals surface area contributed by atoms with Gasteiger partial charge in [-0.25, -0.2) is 4.79 Å². The molecule has 202 valence electrons. The first-order valence-electron chi connectivity index (χ1n) is 13.0. The molecule has 0 spiro atoms. The Balaban J connectivity index is 1.62. The number of hydrogen-bond donors (Lipinski definition) is 1. The molecule has 0 unspecified atom stereocenters. The number of carbonyl (C=O) groups is 2. The fourth-order valence-electron chi connectivity index (χ4n) is 5.20. The van der Waals surface area contributed by atoms with E-state index >= 15 is 0 Å². The third-order valence-electron chi connectivity index (χ3n) is 6.92. The fourth-order valence-corrected chi connectivity index (χ4v) is 5.48. The maximum absolute atomic E-state index is 13.7. The molecule has 8 heteroatoms. The van der Waals surface area contributed by atoms with Crippen molar-refractivity contribution >= 4 is 29.1 Å². The van der Waals surface area contributed by atoms with Gasteiger partial charge in [-0.05, 0) is 44.5 Å². The molecule has 5 rings (SSSR count). The fraction of sp³-hybridized carbons (Fsp3) is 0.219. The second kappa shape index (κ2) is 11.3. The van der Waals surface area contributed by atoms with E-state index in [1.165, 1.54) is 0 Å². The van der Waals surface area contributed by atoms with E-state index in [1.807, 2.05) is 37.3 Å². The molecule has 0 saturated carbocycles. The summed E-state index contributed by atoms with van der Waals surface area (Å²) in [4.78, 5) is 27.0. The van der Waals surface area contributed by atoms with Gasteiger partial charge in [-0.2, -0.15) is 5.26 Å². The monoisotopic (exact) mass is 554 g/mol. The van der Waals surface area contributed by atoms with Crippen LogP contribution in [0.15, 0.2) is 77.5 Å². The molecule has 0 radical (unpaired) electrons. The first kappa shape index (κ1) is 27.0. The number of dihydropyridines is 1. The van der Waals surface area contributed by atoms with Gasteiger partial charge in [0.1, 0.15) is 6.61 Å². The van der Waals surface area contributed by atoms with Crippen LogP contribution in [-0.4, -0.2) is 25.0 Å². The van der Waals surface area contributed by atoms with Gasteiger partial charge in [-0.1, -0.05) is 54.1 Å². The zero-order valence-corrected chi connectivity index (χ0v) is 23.1. The van der Waals surface area contributed by atoms with Crippen LogP contribution in [0.25, 0.3) is 5.70 Å². The van der Waals surface area contributed by atoms with Gasteiger partial charge in [0.2, 0.25) is 0 Å². The van der Waals surface area contributed by atoms with Crippen molar-refractivity contribution in [1.82, 2.24) is 5.32 Å². The van der Waals surface area contributed by atoms with E-state index in [2.05, 4.69) is 11.4 Å². The third-order valence-corrected chi connectivity index (χ3v) is 7.20. The van der Waals surface area contributed by atoms with E-state index in [1.54, 1.807) is 44.2 Å². The molecule has 2 aliphatic rings. The van der Waals surface area contributed by atoms with Crippen LogP contribution >= 0.6 is 11.6 Å². The smallest absolute Gasteiger partial charge is 0.336 e. The summed E-state index contributed by atoms with van der Waals surface area (Å²) >= 11 is 6.80. The van der Waals surface area contributed by atoms with Crippen molar-refractivity contribution in [3.8, 4) is 17.6 Å². The van der Waals surface area contributed by atoms with Crippen LogP contribution in [0.5, 0.6) is 11.5 Å². The molecule has 1 atom stereocenters. The first-order chi connectivity index (χ1) is 19.4. The predicted molar refractivity (Wildman–Crippen MR) is 151 cm³/mol. The minimum Gasteiger partial charge on any atom is -0.490 e. The van der Waals surface area contributed by atoms with E-state index in [0.29, 0.717) is 62.9 Å². The normalized spacial score (nSPS) is 15.7. The summed E-state index contributed by atoms with van der Waals surface area (Å²) in [6, 6.07) is 20.1. The van der Waals surface area contributed by atoms with Crippen molar-refractivity contribution in [3.63, 3.8) is 0 Å². The Bertz CT molecular complexity index is 1630. The number of nitrogens with zero attached hydrogens (tertiary/aromatic N) is 1. The Kier molecular flexibility index (Phi) is 7.63. The topological polar surface area (TPSA) is 97.6 Å². The lowest BCUT2D eigenvalue weighted by Crippen LogP contribution is -2.29. The number of Topliss-reactive ketones (excluding diaryl/α,β-unsaturated/α-hetero) is 1. The summed E-state index contributed by atoms with van der Waals surface area (Å²) in [5.74, 6) is -0.762. The summed E-state index contributed by atoms with van der Waals surface area (Å²) in [5, 5.41) is 13.0. The van der Waals surface area contributed by atoms with Gasteiger partial charge in [-0.3, -0.25) is 4.79 Å². The molecule has 0 fully saturated rings. The summed E-state index contributed by atoms with van der Waals surface area (Å²) in [6.45, 7) is 5.99. The van der Waals surface area contributed by atoms with Gasteiger partial charge in [0.25, 0.3) is 0 Å². The van der Waals surface area contributed by atoms with Gasteiger partial charge in [0.05, 0.1) is 41.1 Å². The molecule has 3 aromatic rings. The number of fused-ring (bicyclic) bond motifs is 2. The highest BCUT2D eigenvalue weighted by Crippen LogP contribution is 2.49. The van der Waals surface area contributed by atoms with Crippen LogP contribution in [0.3, 0.4) is 0 Å². The minimum atomic E-state index is -0.750. The molecular formula is C32H27ClN2O5. The lowest BCUT2D eigenvalue weighted by atomic mass is 9.79. The molecule has 0 amide bonds. The summed E-state index contributed by atoms with van der Waals surface area (Å²) < 4.78 is 17.4. The molecular weight excluding hydrogens is 528 g/mol. The standard InChI is InChI=1S/C32H27ClN2O5/c1-4-38-25-15-21(14-24(33)31(25)40-17-20-11-7-6-10-19(20)16-34)27-26(32(37)39-5-2)18(3)35-29-22-12-8-9-13-23(22)30(36)28(27)29/h6-15,27,35H,4-5,17H2,1-3H3/t27-/m1/s1. The Labute approximate surface area is 237 Å². The molecule has 0 bridgehead atoms. The number of ketones is 1. The summed E-state index contributed by atoms with van der Waals surface area (Å²) in [7, 11) is 0. The van der Waals surface area contributed by atoms with Crippen molar-refractivity contribution < 1.29 is 23.8 Å². The van der Waals surface area contributed by atoms with E-state index < -0.39 is 11.9 Å². The highest BCUT2D eigenvalue weighted by atomic mass is 35.5. The Morgan fingerprint density at radius 3 is 2.48 bits per heavy atom. The highest BCUT2D eigenvalue weighted by Gasteiger charge is 2.43. The summed E-state index contributed by atoms with van der Waals surface area (Å²) in [6.07, 6.45) is 0. The maximum Gasteiger partial charge on any atom is 0.336 e. The Morgan fingerprint density at radius 1 is 1.02 bits per heavy atom. The highest BCUT2D eigenvalue weighted by molar-refractivity contribution is 6.32. The van der Waals surface area contributed by atoms with Crippen molar-refractivity contribution in [1.29, 1.82) is 5.26 Å². The van der Waals surface area contributed by atoms with Gasteiger partial charge in [0, 0.05) is 33.9 Å². The number of carbonyl (C=O) groups excluding carboxylic acids is 2. The molecule has 0 aromatic heterocycles. The maximum atomic E-state index is 13.7. The lowest BCUT2D eigenvalue weighted by Gasteiger charge is -2.30. The lowest BCUT2D eigenvalue weighted by molar-refractivity contribution is -0.138. The number of rotatable bonds is 8. The molecule has 7 nitrogen and oxygen atoms in total. The molecule has 3 aromatic carbocycles. The van der Waals surface area contributed by atoms with Crippen LogP contribution in [0.1, 0.15) is 59.3 Å².